The summed E-state index contributed by atoms with van der Waals surface area (Å²) in [5.41, 5.74) is 4.79. The van der Waals surface area contributed by atoms with Crippen molar-refractivity contribution < 1.29 is 17.9 Å². The van der Waals surface area contributed by atoms with Crippen LogP contribution in [0.3, 0.4) is 0 Å². The van der Waals surface area contributed by atoms with Gasteiger partial charge in [-0.25, -0.2) is 8.42 Å². The molecule has 4 atom stereocenters. The highest BCUT2D eigenvalue weighted by Crippen LogP contribution is 2.43. The van der Waals surface area contributed by atoms with Crippen molar-refractivity contribution in [3.8, 4) is 6.01 Å². The molecule has 3 unspecified atom stereocenters. The Morgan fingerprint density at radius 3 is 2.76 bits per heavy atom. The summed E-state index contributed by atoms with van der Waals surface area (Å²) in [5, 5.41) is 0. The Morgan fingerprint density at radius 1 is 1.12 bits per heavy atom. The van der Waals surface area contributed by atoms with Crippen LogP contribution in [0.1, 0.15) is 47.7 Å². The quantitative estimate of drug-likeness (QED) is 0.477. The van der Waals surface area contributed by atoms with Gasteiger partial charge >= 0.3 is 6.01 Å². The van der Waals surface area contributed by atoms with Crippen molar-refractivity contribution in [3.05, 3.63) is 59.3 Å². The van der Waals surface area contributed by atoms with E-state index in [1.807, 2.05) is 0 Å². The Bertz CT molecular complexity index is 1480. The molecular formula is C30H38N6O4S. The largest absolute Gasteiger partial charge is 0.462 e. The van der Waals surface area contributed by atoms with E-state index in [9.17, 15) is 13.2 Å². The molecule has 1 aromatic heterocycles. The van der Waals surface area contributed by atoms with Crippen molar-refractivity contribution in [2.75, 3.05) is 49.7 Å². The van der Waals surface area contributed by atoms with E-state index in [4.69, 9.17) is 14.7 Å². The number of rotatable bonds is 6. The minimum atomic E-state index is -3.34. The number of carbonyl (C=O) groups excluding carboxylic acids is 1. The summed E-state index contributed by atoms with van der Waals surface area (Å²) >= 11 is 0. The molecule has 4 saturated heterocycles. The molecule has 10 nitrogen and oxygen atoms in total. The fourth-order valence-corrected chi connectivity index (χ4v) is 9.45. The molecule has 0 spiro atoms. The number of benzene rings is 1. The van der Waals surface area contributed by atoms with Crippen LogP contribution in [0, 0.1) is 0 Å². The summed E-state index contributed by atoms with van der Waals surface area (Å²) in [6.07, 6.45) is 5.66. The van der Waals surface area contributed by atoms with E-state index >= 15 is 0 Å². The normalized spacial score (nSPS) is 28.9. The maximum atomic E-state index is 13.0. The molecule has 1 aromatic carbocycles. The molecule has 0 radical (unpaired) electrons. The van der Waals surface area contributed by atoms with E-state index < -0.39 is 21.9 Å². The number of sulfone groups is 1. The van der Waals surface area contributed by atoms with Crippen LogP contribution >= 0.6 is 0 Å². The van der Waals surface area contributed by atoms with Gasteiger partial charge in [0.1, 0.15) is 12.4 Å². The molecule has 0 saturated carbocycles. The lowest BCUT2D eigenvalue weighted by Crippen LogP contribution is -2.59. The molecule has 0 N–H and O–H groups in total. The minimum absolute atomic E-state index is 0.00796. The lowest BCUT2D eigenvalue weighted by atomic mass is 10.1. The number of hydrogen-bond acceptors (Lipinski definition) is 9. The van der Waals surface area contributed by atoms with Gasteiger partial charge < -0.3 is 19.4 Å². The predicted molar refractivity (Wildman–Crippen MR) is 155 cm³/mol. The summed E-state index contributed by atoms with van der Waals surface area (Å²) in [6, 6.07) is 8.84. The van der Waals surface area contributed by atoms with E-state index in [-0.39, 0.29) is 17.4 Å². The number of hydrogen-bond donors (Lipinski definition) is 0. The van der Waals surface area contributed by atoms with Crippen LogP contribution in [0.15, 0.2) is 36.9 Å². The first-order valence-electron chi connectivity index (χ1n) is 14.7. The average molecular weight is 579 g/mol. The molecule has 11 heteroatoms. The minimum Gasteiger partial charge on any atom is -0.462 e. The highest BCUT2D eigenvalue weighted by Gasteiger charge is 2.46. The molecular weight excluding hydrogens is 540 g/mol. The van der Waals surface area contributed by atoms with Crippen LogP contribution < -0.4 is 9.64 Å². The van der Waals surface area contributed by atoms with Gasteiger partial charge in [-0.3, -0.25) is 9.69 Å². The number of ether oxygens (including phenoxy) is 1. The lowest BCUT2D eigenvalue weighted by Gasteiger charge is -2.44. The second-order valence-electron chi connectivity index (χ2n) is 12.2. The topological polar surface area (TPSA) is 99.2 Å². The van der Waals surface area contributed by atoms with Gasteiger partial charge in [0.2, 0.25) is 5.91 Å². The third kappa shape index (κ3) is 4.91. The lowest BCUT2D eigenvalue weighted by molar-refractivity contribution is -0.128. The van der Waals surface area contributed by atoms with E-state index in [0.29, 0.717) is 50.9 Å². The van der Waals surface area contributed by atoms with Gasteiger partial charge in [0.15, 0.2) is 9.84 Å². The summed E-state index contributed by atoms with van der Waals surface area (Å²) in [7, 11) is -1.22. The molecule has 41 heavy (non-hydrogen) atoms. The van der Waals surface area contributed by atoms with Crippen LogP contribution in [0.2, 0.25) is 0 Å². The van der Waals surface area contributed by atoms with E-state index in [0.717, 1.165) is 49.3 Å². The maximum absolute atomic E-state index is 13.0. The third-order valence-electron chi connectivity index (χ3n) is 9.70. The third-order valence-corrected chi connectivity index (χ3v) is 11.5. The number of nitrogens with zero attached hydrogens (tertiary/aromatic N) is 6. The van der Waals surface area contributed by atoms with Gasteiger partial charge in [0.05, 0.1) is 29.3 Å². The molecule has 6 heterocycles. The highest BCUT2D eigenvalue weighted by atomic mass is 32.2. The number of fused-ring (bicyclic) bond motifs is 6. The predicted octanol–water partition coefficient (Wildman–Crippen LogP) is 1.95. The maximum Gasteiger partial charge on any atom is 0.318 e. The van der Waals surface area contributed by atoms with Gasteiger partial charge in [-0.15, -0.1) is 0 Å². The van der Waals surface area contributed by atoms with Gasteiger partial charge in [-0.05, 0) is 56.5 Å². The number of aryl methyl sites for hydroxylation is 1. The van der Waals surface area contributed by atoms with Crippen molar-refractivity contribution in [2.24, 2.45) is 0 Å². The average Bonchev–Trinajstić information content (AvgIpc) is 3.65. The fraction of sp³-hybridized carbons (Fsp3) is 0.567. The Morgan fingerprint density at radius 2 is 1.95 bits per heavy atom. The van der Waals surface area contributed by atoms with E-state index in [1.54, 1.807) is 4.90 Å². The monoisotopic (exact) mass is 578 g/mol. The SMILES string of the molecule is C=CC(=O)N1CC2CS(=O)(=O)CC1CN2c1nc(OC[C@@H]2CCCN2C)nc2c1CN(C1CCc3ccccc31)C2. The zero-order valence-corrected chi connectivity index (χ0v) is 24.4. The van der Waals surface area contributed by atoms with Gasteiger partial charge in [-0.2, -0.15) is 9.97 Å². The van der Waals surface area contributed by atoms with Crippen LogP contribution in [-0.2, 0) is 34.1 Å². The Hall–Kier alpha value is -3.02. The van der Waals surface area contributed by atoms with Gasteiger partial charge in [0.25, 0.3) is 0 Å². The van der Waals surface area contributed by atoms with Crippen LogP contribution in [0.4, 0.5) is 5.82 Å². The molecule has 4 fully saturated rings. The van der Waals surface area contributed by atoms with Crippen LogP contribution in [0.5, 0.6) is 6.01 Å². The molecule has 1 aliphatic carbocycles. The van der Waals surface area contributed by atoms with Crippen molar-refractivity contribution in [1.82, 2.24) is 24.7 Å². The summed E-state index contributed by atoms with van der Waals surface area (Å²) in [5.74, 6) is 0.484. The molecule has 2 bridgehead atoms. The van der Waals surface area contributed by atoms with E-state index in [2.05, 4.69) is 52.6 Å². The number of likely N-dealkylation sites (N-methyl/N-ethyl adjacent to an activating group) is 1. The van der Waals surface area contributed by atoms with Crippen molar-refractivity contribution in [1.29, 1.82) is 0 Å². The Balaban J connectivity index is 1.23. The first kappa shape index (κ1) is 26.9. The second-order valence-corrected chi connectivity index (χ2v) is 14.4. The van der Waals surface area contributed by atoms with Gasteiger partial charge in [0, 0.05) is 43.8 Å². The Labute approximate surface area is 241 Å². The summed E-state index contributed by atoms with van der Waals surface area (Å²) in [4.78, 5) is 31.2. The summed E-state index contributed by atoms with van der Waals surface area (Å²) < 4.78 is 32.3. The smallest absolute Gasteiger partial charge is 0.318 e. The summed E-state index contributed by atoms with van der Waals surface area (Å²) in [6.45, 7) is 7.36. The zero-order chi connectivity index (χ0) is 28.3. The number of piperazine rings is 1. The number of anilines is 1. The van der Waals surface area contributed by atoms with Crippen LogP contribution in [-0.4, -0.2) is 102 Å². The Kier molecular flexibility index (Phi) is 6.78. The number of likely N-dealkylation sites (tertiary alicyclic amines) is 1. The molecule has 5 aliphatic heterocycles. The molecule has 6 aliphatic rings. The fourth-order valence-electron chi connectivity index (χ4n) is 7.57. The molecule has 2 aromatic rings. The highest BCUT2D eigenvalue weighted by molar-refractivity contribution is 7.91. The standard InChI is InChI=1S/C30H38N6O4S/c1-3-28(37)35-13-23-19-41(38,39)18-22(35)14-36(23)29-25-15-34(27-11-10-20-7-4-5-9-24(20)27)16-26(25)31-30(32-29)40-17-21-8-6-12-33(21)2/h3-5,7,9,21-23,27H,1,6,8,10-19H2,2H3/t21-,22?,23?,27?/m0/s1. The molecule has 1 amide bonds. The number of aromatic nitrogens is 2. The van der Waals surface area contributed by atoms with Crippen LogP contribution in [0.25, 0.3) is 0 Å². The second kappa shape index (κ2) is 10.4. The van der Waals surface area contributed by atoms with Crippen molar-refractivity contribution in [3.63, 3.8) is 0 Å². The molecule has 218 valence electrons. The molecule has 8 rings (SSSR count). The van der Waals surface area contributed by atoms with Gasteiger partial charge in [-0.1, -0.05) is 30.8 Å². The first-order valence-corrected chi connectivity index (χ1v) is 16.6. The number of amides is 1. The van der Waals surface area contributed by atoms with Crippen molar-refractivity contribution in [2.45, 2.75) is 62.9 Å². The number of carbonyl (C=O) groups is 1. The van der Waals surface area contributed by atoms with E-state index in [1.165, 1.54) is 17.2 Å². The van der Waals surface area contributed by atoms with Crippen molar-refractivity contribution >= 4 is 21.6 Å². The first-order chi connectivity index (χ1) is 19.8. The zero-order valence-electron chi connectivity index (χ0n) is 23.6.